The lowest BCUT2D eigenvalue weighted by Crippen LogP contribution is -2.45. The Labute approximate surface area is 406 Å². The van der Waals surface area contributed by atoms with Crippen molar-refractivity contribution in [3.05, 3.63) is 12.2 Å². The van der Waals surface area contributed by atoms with Crippen LogP contribution in [0.3, 0.4) is 0 Å². The molecular weight excluding hydrogens is 803 g/mol. The van der Waals surface area contributed by atoms with Crippen LogP contribution < -0.4 is 5.32 Å². The van der Waals surface area contributed by atoms with Gasteiger partial charge in [0.25, 0.3) is 0 Å². The van der Waals surface area contributed by atoms with Crippen molar-refractivity contribution in [3.63, 3.8) is 0 Å². The number of aliphatic hydroxyl groups excluding tert-OH is 2. The number of carbonyl (C=O) groups is 2. The van der Waals surface area contributed by atoms with Gasteiger partial charge in [0.05, 0.1) is 25.4 Å². The third-order valence-electron chi connectivity index (χ3n) is 13.8. The molecule has 0 aromatic carbocycles. The highest BCUT2D eigenvalue weighted by Gasteiger charge is 2.18. The maximum Gasteiger partial charge on any atom is 0.305 e. The first-order valence-electron chi connectivity index (χ1n) is 29.5. The van der Waals surface area contributed by atoms with Gasteiger partial charge in [-0.15, -0.1) is 0 Å². The number of aliphatic hydroxyl groups is 2. The lowest BCUT2D eigenvalue weighted by atomic mass is 10.0. The molecule has 1 amide bonds. The Morgan fingerprint density at radius 1 is 0.415 bits per heavy atom. The van der Waals surface area contributed by atoms with Crippen LogP contribution in [0.4, 0.5) is 0 Å². The van der Waals surface area contributed by atoms with E-state index in [0.29, 0.717) is 19.4 Å². The summed E-state index contributed by atoms with van der Waals surface area (Å²) in [6.07, 6.45) is 65.3. The van der Waals surface area contributed by atoms with E-state index in [-0.39, 0.29) is 18.5 Å². The molecule has 0 saturated heterocycles. The van der Waals surface area contributed by atoms with E-state index in [2.05, 4.69) is 19.2 Å². The first-order valence-corrected chi connectivity index (χ1v) is 29.5. The van der Waals surface area contributed by atoms with Crippen molar-refractivity contribution >= 4 is 11.9 Å². The number of ether oxygens (including phenoxy) is 1. The second-order valence-corrected chi connectivity index (χ2v) is 20.3. The van der Waals surface area contributed by atoms with Gasteiger partial charge in [-0.3, -0.25) is 9.59 Å². The molecule has 6 nitrogen and oxygen atoms in total. The van der Waals surface area contributed by atoms with Crippen LogP contribution in [0.25, 0.3) is 0 Å². The molecule has 0 aromatic rings. The van der Waals surface area contributed by atoms with Gasteiger partial charge < -0.3 is 20.3 Å². The fourth-order valence-corrected chi connectivity index (χ4v) is 9.28. The van der Waals surface area contributed by atoms with Gasteiger partial charge >= 0.3 is 5.97 Å². The van der Waals surface area contributed by atoms with Crippen molar-refractivity contribution in [3.8, 4) is 0 Å². The van der Waals surface area contributed by atoms with Gasteiger partial charge in [-0.2, -0.15) is 0 Å². The van der Waals surface area contributed by atoms with E-state index in [4.69, 9.17) is 4.74 Å². The Hall–Kier alpha value is -1.40. The van der Waals surface area contributed by atoms with Crippen molar-refractivity contribution < 1.29 is 24.5 Å². The molecule has 0 radical (unpaired) electrons. The molecule has 2 unspecified atom stereocenters. The zero-order chi connectivity index (χ0) is 47.2. The molecule has 0 spiro atoms. The molecule has 65 heavy (non-hydrogen) atoms. The predicted molar refractivity (Wildman–Crippen MR) is 283 cm³/mol. The summed E-state index contributed by atoms with van der Waals surface area (Å²) in [7, 11) is 0. The number of esters is 1. The van der Waals surface area contributed by atoms with E-state index in [9.17, 15) is 19.8 Å². The smallest absolute Gasteiger partial charge is 0.305 e. The molecule has 0 aliphatic rings. The Bertz CT molecular complexity index is 970. The number of nitrogens with one attached hydrogen (secondary N) is 1. The minimum Gasteiger partial charge on any atom is -0.466 e. The lowest BCUT2D eigenvalue weighted by Gasteiger charge is -2.20. The van der Waals surface area contributed by atoms with E-state index in [1.807, 2.05) is 6.08 Å². The van der Waals surface area contributed by atoms with Crippen LogP contribution in [0.5, 0.6) is 0 Å². The van der Waals surface area contributed by atoms with Crippen molar-refractivity contribution in [2.24, 2.45) is 0 Å². The highest BCUT2D eigenvalue weighted by molar-refractivity contribution is 5.76. The topological polar surface area (TPSA) is 95.9 Å². The van der Waals surface area contributed by atoms with Crippen molar-refractivity contribution in [1.82, 2.24) is 5.32 Å². The molecule has 0 heterocycles. The fraction of sp³-hybridized carbons (Fsp3) is 0.932. The standard InChI is InChI=1S/C59H115NO5/c1-3-5-7-9-11-13-15-28-31-35-39-43-47-51-57(62)56(55-61)60-58(63)52-48-44-40-36-32-29-26-24-22-20-18-17-19-21-23-25-27-30-34-38-42-46-50-54-65-59(64)53-49-45-41-37-33-16-14-12-10-8-6-4-2/h47,51,56-57,61-62H,3-46,48-50,52-55H2,1-2H3,(H,60,63)/b51-47+. The van der Waals surface area contributed by atoms with Gasteiger partial charge in [0.2, 0.25) is 5.91 Å². The Morgan fingerprint density at radius 2 is 0.708 bits per heavy atom. The molecule has 0 saturated carbocycles. The van der Waals surface area contributed by atoms with Crippen LogP contribution in [0.2, 0.25) is 0 Å². The lowest BCUT2D eigenvalue weighted by molar-refractivity contribution is -0.143. The van der Waals surface area contributed by atoms with Crippen LogP contribution in [-0.4, -0.2) is 47.4 Å². The first kappa shape index (κ1) is 63.6. The van der Waals surface area contributed by atoms with Crippen LogP contribution >= 0.6 is 0 Å². The van der Waals surface area contributed by atoms with Crippen molar-refractivity contribution in [2.75, 3.05) is 13.2 Å². The summed E-state index contributed by atoms with van der Waals surface area (Å²) < 4.78 is 5.47. The molecule has 386 valence electrons. The van der Waals surface area contributed by atoms with E-state index in [1.54, 1.807) is 6.08 Å². The summed E-state index contributed by atoms with van der Waals surface area (Å²) in [5, 5.41) is 23.1. The fourth-order valence-electron chi connectivity index (χ4n) is 9.28. The molecule has 0 aromatic heterocycles. The van der Waals surface area contributed by atoms with Gasteiger partial charge in [-0.1, -0.05) is 296 Å². The number of hydrogen-bond acceptors (Lipinski definition) is 5. The van der Waals surface area contributed by atoms with Crippen LogP contribution in [0.1, 0.15) is 328 Å². The van der Waals surface area contributed by atoms with Gasteiger partial charge in [0, 0.05) is 12.8 Å². The molecule has 0 bridgehead atoms. The van der Waals surface area contributed by atoms with Crippen molar-refractivity contribution in [1.29, 1.82) is 0 Å². The van der Waals surface area contributed by atoms with Crippen molar-refractivity contribution in [2.45, 2.75) is 341 Å². The zero-order valence-corrected chi connectivity index (χ0v) is 44.0. The highest BCUT2D eigenvalue weighted by atomic mass is 16.5. The van der Waals surface area contributed by atoms with Crippen LogP contribution in [0, 0.1) is 0 Å². The Kier molecular flexibility index (Phi) is 54.0. The molecular formula is C59H115NO5. The van der Waals surface area contributed by atoms with E-state index in [1.165, 1.54) is 263 Å². The van der Waals surface area contributed by atoms with E-state index in [0.717, 1.165) is 38.5 Å². The van der Waals surface area contributed by atoms with Gasteiger partial charge in [-0.25, -0.2) is 0 Å². The minimum absolute atomic E-state index is 0.0149. The summed E-state index contributed by atoms with van der Waals surface area (Å²) in [6, 6.07) is -0.625. The first-order chi connectivity index (χ1) is 32.0. The maximum absolute atomic E-state index is 12.4. The van der Waals surface area contributed by atoms with E-state index < -0.39 is 12.1 Å². The predicted octanol–water partition coefficient (Wildman–Crippen LogP) is 18.1. The maximum atomic E-state index is 12.4. The number of carbonyl (C=O) groups excluding carboxylic acids is 2. The summed E-state index contributed by atoms with van der Waals surface area (Å²) >= 11 is 0. The summed E-state index contributed by atoms with van der Waals surface area (Å²) in [5.74, 6) is -0.0514. The highest BCUT2D eigenvalue weighted by Crippen LogP contribution is 2.18. The third kappa shape index (κ3) is 51.8. The number of unbranched alkanes of at least 4 members (excludes halogenated alkanes) is 44. The summed E-state index contributed by atoms with van der Waals surface area (Å²) in [5.41, 5.74) is 0. The normalized spacial score (nSPS) is 12.6. The van der Waals surface area contributed by atoms with E-state index >= 15 is 0 Å². The Morgan fingerprint density at radius 3 is 1.05 bits per heavy atom. The second-order valence-electron chi connectivity index (χ2n) is 20.3. The van der Waals surface area contributed by atoms with Crippen LogP contribution in [0.15, 0.2) is 12.2 Å². The average molecular weight is 919 g/mol. The van der Waals surface area contributed by atoms with Gasteiger partial charge in [-0.05, 0) is 32.1 Å². The molecule has 0 rings (SSSR count). The molecule has 6 heteroatoms. The SMILES string of the molecule is CCCCCCCCCCCCC/C=C/C(O)C(CO)NC(=O)CCCCCCCCCCCCCCCCCCCCCCCCCOC(=O)CCCCCCCCCCCCCC. The monoisotopic (exact) mass is 918 g/mol. The third-order valence-corrected chi connectivity index (χ3v) is 13.8. The Balaban J connectivity index is 3.38. The summed E-state index contributed by atoms with van der Waals surface area (Å²) in [6.45, 7) is 4.91. The molecule has 3 N–H and O–H groups in total. The number of rotatable bonds is 55. The quantitative estimate of drug-likeness (QED) is 0.0321. The largest absolute Gasteiger partial charge is 0.466 e. The molecule has 0 aliphatic heterocycles. The summed E-state index contributed by atoms with van der Waals surface area (Å²) in [4.78, 5) is 24.4. The minimum atomic E-state index is -0.842. The molecule has 0 fully saturated rings. The van der Waals surface area contributed by atoms with Crippen LogP contribution in [-0.2, 0) is 14.3 Å². The van der Waals surface area contributed by atoms with Gasteiger partial charge in [0.15, 0.2) is 0 Å². The number of allylic oxidation sites excluding steroid dienone is 1. The molecule has 2 atom stereocenters. The van der Waals surface area contributed by atoms with Gasteiger partial charge in [0.1, 0.15) is 0 Å². The number of amides is 1. The average Bonchev–Trinajstić information content (AvgIpc) is 3.31. The second kappa shape index (κ2) is 55.2. The zero-order valence-electron chi connectivity index (χ0n) is 44.0. The molecule has 0 aliphatic carbocycles. The number of hydrogen-bond donors (Lipinski definition) is 3.